The third kappa shape index (κ3) is 6.51. The SMILES string of the molecule is CC(COCC[C@H](O)[C@@H]1CC[C@H]1CN1CC2(CCCc3cc(Cl)ccc32)COc2ccc(C(=O)O)cc21)S(N)(=O)=O. The molecule has 1 fully saturated rings. The molecule has 1 saturated carbocycles. The largest absolute Gasteiger partial charge is 0.490 e. The van der Waals surface area contributed by atoms with E-state index in [2.05, 4.69) is 11.0 Å². The second-order valence-corrected chi connectivity index (χ2v) is 14.3. The lowest BCUT2D eigenvalue weighted by Crippen LogP contribution is -2.49. The summed E-state index contributed by atoms with van der Waals surface area (Å²) in [5.41, 5.74) is 3.17. The molecule has 0 bridgehead atoms. The third-order valence-corrected chi connectivity index (χ3v) is 10.7. The minimum Gasteiger partial charge on any atom is -0.490 e. The molecule has 9 nitrogen and oxygen atoms in total. The van der Waals surface area contributed by atoms with Crippen LogP contribution in [0.25, 0.3) is 0 Å². The fourth-order valence-corrected chi connectivity index (χ4v) is 7.10. The van der Waals surface area contributed by atoms with E-state index in [9.17, 15) is 23.4 Å². The van der Waals surface area contributed by atoms with Crippen molar-refractivity contribution in [3.63, 3.8) is 0 Å². The molecule has 1 aliphatic heterocycles. The van der Waals surface area contributed by atoms with Gasteiger partial charge in [0.15, 0.2) is 0 Å². The summed E-state index contributed by atoms with van der Waals surface area (Å²) in [7, 11) is -3.65. The summed E-state index contributed by atoms with van der Waals surface area (Å²) in [6.07, 6.45) is 4.58. The Morgan fingerprint density at radius 2 is 2.07 bits per heavy atom. The van der Waals surface area contributed by atoms with Gasteiger partial charge in [0.1, 0.15) is 5.75 Å². The van der Waals surface area contributed by atoms with E-state index in [0.29, 0.717) is 31.9 Å². The Morgan fingerprint density at radius 3 is 2.78 bits per heavy atom. The van der Waals surface area contributed by atoms with Crippen molar-refractivity contribution < 1.29 is 32.9 Å². The number of aliphatic hydroxyl groups excluding tert-OH is 1. The van der Waals surface area contributed by atoms with Crippen molar-refractivity contribution in [3.05, 3.63) is 58.1 Å². The number of sulfonamides is 1. The van der Waals surface area contributed by atoms with Crippen LogP contribution < -0.4 is 14.8 Å². The molecule has 11 heteroatoms. The highest BCUT2D eigenvalue weighted by Gasteiger charge is 2.44. The number of hydrogen-bond donors (Lipinski definition) is 3. The highest BCUT2D eigenvalue weighted by atomic mass is 35.5. The van der Waals surface area contributed by atoms with Crippen molar-refractivity contribution in [1.82, 2.24) is 0 Å². The van der Waals surface area contributed by atoms with Gasteiger partial charge in [0.25, 0.3) is 0 Å². The van der Waals surface area contributed by atoms with Gasteiger partial charge in [0.05, 0.1) is 35.8 Å². The molecule has 2 unspecified atom stereocenters. The van der Waals surface area contributed by atoms with Crippen LogP contribution >= 0.6 is 11.6 Å². The average Bonchev–Trinajstić information content (AvgIpc) is 3.05. The first-order chi connectivity index (χ1) is 19.5. The normalized spacial score (nSPS) is 25.3. The number of aryl methyl sites for hydroxylation is 1. The number of halogens is 1. The number of aliphatic hydroxyl groups is 1. The second kappa shape index (κ2) is 12.1. The van der Waals surface area contributed by atoms with Crippen LogP contribution in [0.15, 0.2) is 36.4 Å². The molecule has 0 aromatic heterocycles. The molecule has 41 heavy (non-hydrogen) atoms. The fourth-order valence-electron chi connectivity index (χ4n) is 6.62. The first-order valence-corrected chi connectivity index (χ1v) is 16.3. The van der Waals surface area contributed by atoms with Gasteiger partial charge in [-0.25, -0.2) is 18.4 Å². The van der Waals surface area contributed by atoms with E-state index in [0.717, 1.165) is 42.8 Å². The van der Waals surface area contributed by atoms with Crippen LogP contribution in [0.1, 0.15) is 60.5 Å². The molecule has 3 aliphatic rings. The van der Waals surface area contributed by atoms with E-state index in [1.807, 2.05) is 12.1 Å². The maximum Gasteiger partial charge on any atom is 0.335 e. The lowest BCUT2D eigenvalue weighted by Gasteiger charge is -2.45. The number of aromatic carboxylic acids is 1. The quantitative estimate of drug-likeness (QED) is 0.345. The number of benzene rings is 2. The molecule has 0 saturated heterocycles. The molecule has 5 rings (SSSR count). The van der Waals surface area contributed by atoms with Crippen LogP contribution in [0.4, 0.5) is 5.69 Å². The predicted octanol–water partition coefficient (Wildman–Crippen LogP) is 3.98. The number of nitrogens with zero attached hydrogens (tertiary/aromatic N) is 1. The molecule has 0 amide bonds. The van der Waals surface area contributed by atoms with Crippen molar-refractivity contribution in [2.24, 2.45) is 17.0 Å². The summed E-state index contributed by atoms with van der Waals surface area (Å²) in [6, 6.07) is 11.1. The third-order valence-electron chi connectivity index (χ3n) is 9.18. The lowest BCUT2D eigenvalue weighted by atomic mass is 9.68. The Balaban J connectivity index is 1.34. The van der Waals surface area contributed by atoms with Gasteiger partial charge >= 0.3 is 5.97 Å². The summed E-state index contributed by atoms with van der Waals surface area (Å²) < 4.78 is 34.8. The van der Waals surface area contributed by atoms with Gasteiger partial charge in [-0.3, -0.25) is 0 Å². The summed E-state index contributed by atoms with van der Waals surface area (Å²) in [4.78, 5) is 14.1. The zero-order valence-corrected chi connectivity index (χ0v) is 24.9. The van der Waals surface area contributed by atoms with Crippen LogP contribution in [-0.2, 0) is 26.6 Å². The first kappa shape index (κ1) is 30.1. The number of primary sulfonamides is 1. The molecular weight excluding hydrogens is 568 g/mol. The van der Waals surface area contributed by atoms with Crippen LogP contribution in [0.3, 0.4) is 0 Å². The molecule has 2 aromatic carbocycles. The number of carboxylic acids is 1. The Hall–Kier alpha value is -2.37. The van der Waals surface area contributed by atoms with Gasteiger partial charge in [-0.2, -0.15) is 0 Å². The van der Waals surface area contributed by atoms with E-state index in [4.69, 9.17) is 26.2 Å². The molecule has 4 N–H and O–H groups in total. The van der Waals surface area contributed by atoms with E-state index in [1.54, 1.807) is 18.2 Å². The summed E-state index contributed by atoms with van der Waals surface area (Å²) >= 11 is 6.34. The average molecular weight is 607 g/mol. The smallest absolute Gasteiger partial charge is 0.335 e. The van der Waals surface area contributed by atoms with Gasteiger partial charge in [-0.1, -0.05) is 17.7 Å². The Morgan fingerprint density at radius 1 is 1.27 bits per heavy atom. The van der Waals surface area contributed by atoms with Crippen molar-refractivity contribution >= 4 is 33.3 Å². The lowest BCUT2D eigenvalue weighted by molar-refractivity contribution is -0.00810. The van der Waals surface area contributed by atoms with E-state index < -0.39 is 27.3 Å². The zero-order valence-electron chi connectivity index (χ0n) is 23.3. The van der Waals surface area contributed by atoms with Gasteiger partial charge < -0.3 is 24.6 Å². The van der Waals surface area contributed by atoms with Gasteiger partial charge in [0.2, 0.25) is 10.0 Å². The van der Waals surface area contributed by atoms with Crippen molar-refractivity contribution in [2.75, 3.05) is 37.8 Å². The minimum absolute atomic E-state index is 0.00904. The van der Waals surface area contributed by atoms with Crippen molar-refractivity contribution in [3.8, 4) is 5.75 Å². The van der Waals surface area contributed by atoms with Crippen molar-refractivity contribution in [2.45, 2.75) is 62.2 Å². The van der Waals surface area contributed by atoms with Crippen LogP contribution in [-0.4, -0.2) is 68.9 Å². The van der Waals surface area contributed by atoms with Crippen LogP contribution in [0.5, 0.6) is 5.75 Å². The van der Waals surface area contributed by atoms with Gasteiger partial charge in [-0.15, -0.1) is 0 Å². The molecule has 5 atom stereocenters. The summed E-state index contributed by atoms with van der Waals surface area (Å²) in [5.74, 6) is -0.0455. The summed E-state index contributed by atoms with van der Waals surface area (Å²) in [5, 5.41) is 25.8. The molecule has 2 aliphatic carbocycles. The Labute approximate surface area is 246 Å². The number of hydrogen-bond acceptors (Lipinski definition) is 7. The van der Waals surface area contributed by atoms with E-state index in [1.165, 1.54) is 18.1 Å². The van der Waals surface area contributed by atoms with Crippen LogP contribution in [0, 0.1) is 11.8 Å². The molecular formula is C30H39ClN2O7S. The number of fused-ring (bicyclic) bond motifs is 3. The van der Waals surface area contributed by atoms with Gasteiger partial charge in [0, 0.05) is 30.1 Å². The maximum atomic E-state index is 11.9. The Kier molecular flexibility index (Phi) is 8.87. The number of ether oxygens (including phenoxy) is 2. The summed E-state index contributed by atoms with van der Waals surface area (Å²) in [6.45, 7) is 3.56. The minimum atomic E-state index is -3.65. The second-order valence-electron chi connectivity index (χ2n) is 11.9. The molecule has 224 valence electrons. The standard InChI is InChI=1S/C30H39ClN2O7S/c1-19(41(32,37)38)16-39-12-10-27(34)24-7-4-22(24)15-33-17-30(11-2-3-20-13-23(31)6-8-25(20)30)18-40-28-9-5-21(29(35)36)14-26(28)33/h5-6,8-9,13-14,19,22,24,27,34H,2-4,7,10-12,15-18H2,1H3,(H,35,36)(H2,32,37,38)/t19?,22-,24+,27-,30?/m0/s1. The fraction of sp³-hybridized carbons (Fsp3) is 0.567. The molecule has 0 radical (unpaired) electrons. The molecule has 2 aromatic rings. The maximum absolute atomic E-state index is 11.9. The Bertz CT molecular complexity index is 1390. The van der Waals surface area contributed by atoms with E-state index >= 15 is 0 Å². The monoisotopic (exact) mass is 606 g/mol. The topological polar surface area (TPSA) is 139 Å². The number of nitrogens with two attached hydrogens (primary N) is 1. The molecule has 1 heterocycles. The number of anilines is 1. The first-order valence-electron chi connectivity index (χ1n) is 14.3. The molecule has 1 spiro atoms. The zero-order chi connectivity index (χ0) is 29.4. The number of rotatable bonds is 10. The number of carbonyl (C=O) groups is 1. The van der Waals surface area contributed by atoms with Crippen molar-refractivity contribution in [1.29, 1.82) is 0 Å². The van der Waals surface area contributed by atoms with E-state index in [-0.39, 0.29) is 36.0 Å². The van der Waals surface area contributed by atoms with Gasteiger partial charge in [-0.05, 0) is 98.7 Å². The predicted molar refractivity (Wildman–Crippen MR) is 157 cm³/mol. The van der Waals surface area contributed by atoms with Crippen LogP contribution in [0.2, 0.25) is 5.02 Å². The highest BCUT2D eigenvalue weighted by molar-refractivity contribution is 7.89. The number of carboxylic acid groups (broad SMARTS) is 1. The highest BCUT2D eigenvalue weighted by Crippen LogP contribution is 2.46.